The Hall–Kier alpha value is -2.71. The molecular weight excluding hydrogens is 504 g/mol. The van der Waals surface area contributed by atoms with E-state index in [0.29, 0.717) is 12.0 Å². The number of likely N-dealkylation sites (N-methyl/N-ethyl adjacent to an activating group) is 1. The second-order valence-electron chi connectivity index (χ2n) is 12.1. The SMILES string of the molecule is C/C(=C\[C@H](C(C)C)N(C)C(=O)[C@@H](NC(=O)C1CCCCN1C(C)C)C(C)C)C(=O)NC(CO)Cc1ccccc1. The molecule has 1 aromatic rings. The topological polar surface area (TPSA) is 102 Å². The van der Waals surface area contributed by atoms with E-state index in [0.717, 1.165) is 31.4 Å². The zero-order chi connectivity index (χ0) is 30.0. The van der Waals surface area contributed by atoms with Crippen molar-refractivity contribution in [3.63, 3.8) is 0 Å². The molecule has 1 saturated heterocycles. The van der Waals surface area contributed by atoms with Gasteiger partial charge in [-0.25, -0.2) is 0 Å². The molecule has 2 unspecified atom stereocenters. The van der Waals surface area contributed by atoms with E-state index in [2.05, 4.69) is 29.4 Å². The van der Waals surface area contributed by atoms with Crippen LogP contribution in [0.5, 0.6) is 0 Å². The molecule has 1 aliphatic rings. The second-order valence-corrected chi connectivity index (χ2v) is 12.1. The fraction of sp³-hybridized carbons (Fsp3) is 0.656. The number of nitrogens with one attached hydrogen (secondary N) is 2. The van der Waals surface area contributed by atoms with E-state index in [-0.39, 0.29) is 54.3 Å². The number of hydrogen-bond donors (Lipinski definition) is 3. The number of piperidine rings is 1. The highest BCUT2D eigenvalue weighted by Gasteiger charge is 2.36. The van der Waals surface area contributed by atoms with Crippen LogP contribution >= 0.6 is 0 Å². The standard InChI is InChI=1S/C32H52N4O4/c1-21(2)28(18-24(7)30(38)33-26(20-37)19-25-14-10-9-11-15-25)35(8)32(40)29(22(3)4)34-31(39)27-16-12-13-17-36(27)23(5)6/h9-11,14-15,18,21-23,26-29,37H,12-13,16-17,19-20H2,1-8H3,(H,33,38)(H,34,39)/b24-18+/t26?,27?,28-,29+/m1/s1. The maximum Gasteiger partial charge on any atom is 0.246 e. The molecule has 1 aromatic carbocycles. The third-order valence-electron chi connectivity index (χ3n) is 7.88. The molecule has 1 heterocycles. The normalized spacial score (nSPS) is 18.9. The Kier molecular flexibility index (Phi) is 13.3. The summed E-state index contributed by atoms with van der Waals surface area (Å²) in [6.07, 6.45) is 5.22. The van der Waals surface area contributed by atoms with Crippen LogP contribution in [0.2, 0.25) is 0 Å². The van der Waals surface area contributed by atoms with Crippen LogP contribution in [0.3, 0.4) is 0 Å². The van der Waals surface area contributed by atoms with E-state index in [4.69, 9.17) is 0 Å². The van der Waals surface area contributed by atoms with Gasteiger partial charge in [-0.2, -0.15) is 0 Å². The third kappa shape index (κ3) is 9.44. The number of likely N-dealkylation sites (tertiary alicyclic amines) is 1. The molecule has 3 N–H and O–H groups in total. The van der Waals surface area contributed by atoms with Crippen molar-refractivity contribution < 1.29 is 19.5 Å². The van der Waals surface area contributed by atoms with E-state index in [1.165, 1.54) is 0 Å². The Labute approximate surface area is 241 Å². The predicted molar refractivity (Wildman–Crippen MR) is 161 cm³/mol. The molecule has 0 saturated carbocycles. The molecule has 8 heteroatoms. The van der Waals surface area contributed by atoms with E-state index in [1.54, 1.807) is 18.9 Å². The molecule has 8 nitrogen and oxygen atoms in total. The van der Waals surface area contributed by atoms with Crippen LogP contribution in [0.4, 0.5) is 0 Å². The van der Waals surface area contributed by atoms with Crippen molar-refractivity contribution >= 4 is 17.7 Å². The lowest BCUT2D eigenvalue weighted by molar-refractivity contribution is -0.140. The lowest BCUT2D eigenvalue weighted by Gasteiger charge is -2.39. The second kappa shape index (κ2) is 15.9. The minimum Gasteiger partial charge on any atom is -0.394 e. The number of rotatable bonds is 13. The molecule has 1 aliphatic heterocycles. The first-order chi connectivity index (χ1) is 18.9. The summed E-state index contributed by atoms with van der Waals surface area (Å²) in [4.78, 5) is 44.1. The molecule has 3 amide bonds. The first kappa shape index (κ1) is 33.5. The van der Waals surface area contributed by atoms with Crippen LogP contribution in [0.25, 0.3) is 0 Å². The summed E-state index contributed by atoms with van der Waals surface area (Å²) in [7, 11) is 1.74. The molecule has 224 valence electrons. The van der Waals surface area contributed by atoms with E-state index < -0.39 is 12.1 Å². The molecule has 0 spiro atoms. The van der Waals surface area contributed by atoms with Crippen molar-refractivity contribution in [2.24, 2.45) is 11.8 Å². The van der Waals surface area contributed by atoms with Gasteiger partial charge in [0.1, 0.15) is 6.04 Å². The maximum absolute atomic E-state index is 13.8. The Balaban J connectivity index is 2.15. The van der Waals surface area contributed by atoms with Gasteiger partial charge in [-0.3, -0.25) is 19.3 Å². The number of aliphatic hydroxyl groups is 1. The van der Waals surface area contributed by atoms with Crippen molar-refractivity contribution in [1.82, 2.24) is 20.4 Å². The minimum absolute atomic E-state index is 0.0351. The van der Waals surface area contributed by atoms with Crippen LogP contribution in [0, 0.1) is 11.8 Å². The number of hydrogen-bond acceptors (Lipinski definition) is 5. The van der Waals surface area contributed by atoms with Gasteiger partial charge in [-0.15, -0.1) is 0 Å². The van der Waals surface area contributed by atoms with E-state index in [1.807, 2.05) is 64.1 Å². The van der Waals surface area contributed by atoms with Crippen molar-refractivity contribution in [3.05, 3.63) is 47.5 Å². The first-order valence-corrected chi connectivity index (χ1v) is 14.8. The van der Waals surface area contributed by atoms with Crippen LogP contribution in [-0.4, -0.2) is 83.0 Å². The zero-order valence-corrected chi connectivity index (χ0v) is 25.8. The third-order valence-corrected chi connectivity index (χ3v) is 7.88. The Morgan fingerprint density at radius 3 is 2.23 bits per heavy atom. The van der Waals surface area contributed by atoms with Gasteiger partial charge < -0.3 is 20.6 Å². The maximum atomic E-state index is 13.8. The summed E-state index contributed by atoms with van der Waals surface area (Å²) in [6.45, 7) is 14.5. The quantitative estimate of drug-likeness (QED) is 0.323. The highest BCUT2D eigenvalue weighted by molar-refractivity contribution is 5.93. The predicted octanol–water partition coefficient (Wildman–Crippen LogP) is 3.54. The summed E-state index contributed by atoms with van der Waals surface area (Å²) in [5, 5.41) is 15.9. The molecule has 1 fully saturated rings. The number of benzene rings is 1. The molecule has 0 bridgehead atoms. The van der Waals surface area contributed by atoms with Crippen molar-refractivity contribution in [2.75, 3.05) is 20.2 Å². The molecule has 0 aliphatic carbocycles. The lowest BCUT2D eigenvalue weighted by atomic mass is 9.95. The molecule has 0 aromatic heterocycles. The summed E-state index contributed by atoms with van der Waals surface area (Å²) < 4.78 is 0. The fourth-order valence-electron chi connectivity index (χ4n) is 5.43. The number of carbonyl (C=O) groups is 3. The number of nitrogens with zero attached hydrogens (tertiary/aromatic N) is 2. The zero-order valence-electron chi connectivity index (χ0n) is 25.8. The van der Waals surface area contributed by atoms with Gasteiger partial charge in [0.15, 0.2) is 0 Å². The molecule has 2 rings (SSSR count). The van der Waals surface area contributed by atoms with Gasteiger partial charge >= 0.3 is 0 Å². The van der Waals surface area contributed by atoms with Gasteiger partial charge in [-0.05, 0) is 64.0 Å². The Morgan fingerprint density at radius 2 is 1.68 bits per heavy atom. The highest BCUT2D eigenvalue weighted by atomic mass is 16.3. The monoisotopic (exact) mass is 556 g/mol. The molecular formula is C32H52N4O4. The lowest BCUT2D eigenvalue weighted by Crippen LogP contribution is -2.58. The van der Waals surface area contributed by atoms with Crippen LogP contribution in [-0.2, 0) is 20.8 Å². The van der Waals surface area contributed by atoms with Gasteiger partial charge in [0.05, 0.1) is 24.7 Å². The largest absolute Gasteiger partial charge is 0.394 e. The molecule has 4 atom stereocenters. The van der Waals surface area contributed by atoms with Crippen molar-refractivity contribution in [3.8, 4) is 0 Å². The summed E-state index contributed by atoms with van der Waals surface area (Å²) in [6, 6.07) is 8.32. The summed E-state index contributed by atoms with van der Waals surface area (Å²) >= 11 is 0. The van der Waals surface area contributed by atoms with Gasteiger partial charge in [0.2, 0.25) is 17.7 Å². The number of aliphatic hydroxyl groups excluding tert-OH is 1. The van der Waals surface area contributed by atoms with E-state index >= 15 is 0 Å². The first-order valence-electron chi connectivity index (χ1n) is 14.8. The Bertz CT molecular complexity index is 992. The summed E-state index contributed by atoms with van der Waals surface area (Å²) in [5.74, 6) is -0.598. The number of carbonyl (C=O) groups excluding carboxylic acids is 3. The Morgan fingerprint density at radius 1 is 1.02 bits per heavy atom. The van der Waals surface area contributed by atoms with Crippen molar-refractivity contribution in [1.29, 1.82) is 0 Å². The molecule has 40 heavy (non-hydrogen) atoms. The van der Waals surface area contributed by atoms with Crippen LogP contribution < -0.4 is 10.6 Å². The van der Waals surface area contributed by atoms with Crippen molar-refractivity contribution in [2.45, 2.75) is 104 Å². The smallest absolute Gasteiger partial charge is 0.246 e. The van der Waals surface area contributed by atoms with Gasteiger partial charge in [-0.1, -0.05) is 70.5 Å². The highest BCUT2D eigenvalue weighted by Crippen LogP contribution is 2.21. The summed E-state index contributed by atoms with van der Waals surface area (Å²) in [5.41, 5.74) is 1.50. The van der Waals surface area contributed by atoms with Crippen LogP contribution in [0.1, 0.15) is 73.3 Å². The average molecular weight is 557 g/mol. The number of amides is 3. The van der Waals surface area contributed by atoms with Crippen LogP contribution in [0.15, 0.2) is 42.0 Å². The van der Waals surface area contributed by atoms with Gasteiger partial charge in [0, 0.05) is 18.7 Å². The minimum atomic E-state index is -0.665. The van der Waals surface area contributed by atoms with E-state index in [9.17, 15) is 19.5 Å². The average Bonchev–Trinajstić information content (AvgIpc) is 2.93. The molecule has 0 radical (unpaired) electrons. The fourth-order valence-corrected chi connectivity index (χ4v) is 5.43. The van der Waals surface area contributed by atoms with Gasteiger partial charge in [0.25, 0.3) is 0 Å².